The van der Waals surface area contributed by atoms with Gasteiger partial charge in [-0.25, -0.2) is 0 Å². The van der Waals surface area contributed by atoms with Crippen molar-refractivity contribution in [2.75, 3.05) is 26.0 Å². The number of hydrogen-bond acceptors (Lipinski definition) is 3. The Bertz CT molecular complexity index is 534. The number of rotatable bonds is 6. The minimum Gasteiger partial charge on any atom is -0.484 e. The number of hydrogen-bond donors (Lipinski definition) is 2. The number of thioether (sulfide) groups is 1. The molecular formula is C16H23F3IN3OS. The summed E-state index contributed by atoms with van der Waals surface area (Å²) >= 11 is 1.98. The van der Waals surface area contributed by atoms with Crippen molar-refractivity contribution in [1.29, 1.82) is 0 Å². The van der Waals surface area contributed by atoms with E-state index in [-0.39, 0.29) is 29.7 Å². The fraction of sp³-hybridized carbons (Fsp3) is 0.562. The van der Waals surface area contributed by atoms with E-state index in [1.807, 2.05) is 11.8 Å². The van der Waals surface area contributed by atoms with Gasteiger partial charge in [-0.2, -0.15) is 24.9 Å². The van der Waals surface area contributed by atoms with Crippen molar-refractivity contribution in [3.8, 4) is 5.75 Å². The molecule has 0 aliphatic carbocycles. The predicted octanol–water partition coefficient (Wildman–Crippen LogP) is 3.81. The SMILES string of the molecule is CN=C(NCc1ccc(OCC(F)(F)F)cc1)NCC1CCCS1.I. The van der Waals surface area contributed by atoms with Gasteiger partial charge in [0, 0.05) is 25.4 Å². The molecule has 0 bridgehead atoms. The van der Waals surface area contributed by atoms with Gasteiger partial charge < -0.3 is 15.4 Å². The lowest BCUT2D eigenvalue weighted by atomic mass is 10.2. The number of aliphatic imine (C=N–C) groups is 1. The van der Waals surface area contributed by atoms with Crippen LogP contribution >= 0.6 is 35.7 Å². The van der Waals surface area contributed by atoms with Gasteiger partial charge in [-0.3, -0.25) is 4.99 Å². The average Bonchev–Trinajstić information content (AvgIpc) is 3.07. The lowest BCUT2D eigenvalue weighted by Gasteiger charge is -2.15. The molecule has 1 unspecified atom stereocenters. The number of guanidine groups is 1. The molecule has 25 heavy (non-hydrogen) atoms. The van der Waals surface area contributed by atoms with Crippen molar-refractivity contribution in [2.45, 2.75) is 30.8 Å². The van der Waals surface area contributed by atoms with E-state index in [1.165, 1.54) is 30.7 Å². The van der Waals surface area contributed by atoms with Crippen LogP contribution < -0.4 is 15.4 Å². The molecule has 9 heteroatoms. The Kier molecular flexibility index (Phi) is 9.77. The van der Waals surface area contributed by atoms with Gasteiger partial charge in [0.05, 0.1) is 0 Å². The summed E-state index contributed by atoms with van der Waals surface area (Å²) in [6.07, 6.45) is -1.82. The zero-order valence-electron chi connectivity index (χ0n) is 13.9. The highest BCUT2D eigenvalue weighted by molar-refractivity contribution is 14.0. The van der Waals surface area contributed by atoms with Gasteiger partial charge in [-0.15, -0.1) is 24.0 Å². The third-order valence-corrected chi connectivity index (χ3v) is 4.93. The standard InChI is InChI=1S/C16H22F3N3OS.HI/c1-20-15(22-10-14-3-2-8-24-14)21-9-12-4-6-13(7-5-12)23-11-16(17,18)19;/h4-7,14H,2-3,8-11H2,1H3,(H2,20,21,22);1H. The van der Waals surface area contributed by atoms with Crippen LogP contribution in [0.4, 0.5) is 13.2 Å². The summed E-state index contributed by atoms with van der Waals surface area (Å²) in [5, 5.41) is 7.13. The normalized spacial score (nSPS) is 17.8. The van der Waals surface area contributed by atoms with Crippen molar-refractivity contribution >= 4 is 41.7 Å². The Labute approximate surface area is 167 Å². The monoisotopic (exact) mass is 489 g/mol. The lowest BCUT2D eigenvalue weighted by Crippen LogP contribution is -2.39. The van der Waals surface area contributed by atoms with Gasteiger partial charge in [-0.1, -0.05) is 12.1 Å². The molecule has 0 radical (unpaired) electrons. The van der Waals surface area contributed by atoms with E-state index in [2.05, 4.69) is 20.4 Å². The molecule has 1 saturated heterocycles. The maximum Gasteiger partial charge on any atom is 0.422 e. The van der Waals surface area contributed by atoms with Crippen LogP contribution in [-0.2, 0) is 6.54 Å². The van der Waals surface area contributed by atoms with Gasteiger partial charge in [0.2, 0.25) is 0 Å². The maximum atomic E-state index is 12.1. The van der Waals surface area contributed by atoms with E-state index >= 15 is 0 Å². The molecule has 0 amide bonds. The number of benzene rings is 1. The number of nitrogens with zero attached hydrogens (tertiary/aromatic N) is 1. The Balaban J connectivity index is 0.00000312. The Hall–Kier alpha value is -0.840. The molecule has 0 spiro atoms. The topological polar surface area (TPSA) is 45.7 Å². The first-order chi connectivity index (χ1) is 11.5. The van der Waals surface area contributed by atoms with Crippen LogP contribution in [0, 0.1) is 0 Å². The van der Waals surface area contributed by atoms with Crippen LogP contribution in [0.2, 0.25) is 0 Å². The van der Waals surface area contributed by atoms with Crippen LogP contribution in [0.5, 0.6) is 5.75 Å². The number of alkyl halides is 3. The first kappa shape index (κ1) is 22.2. The molecule has 2 rings (SSSR count). The number of halogens is 4. The molecule has 1 atom stereocenters. The molecular weight excluding hydrogens is 466 g/mol. The van der Waals surface area contributed by atoms with Crippen LogP contribution in [0.1, 0.15) is 18.4 Å². The molecule has 2 N–H and O–H groups in total. The second-order valence-corrected chi connectivity index (χ2v) is 6.90. The summed E-state index contributed by atoms with van der Waals surface area (Å²) in [7, 11) is 1.71. The fourth-order valence-electron chi connectivity index (χ4n) is 2.29. The van der Waals surface area contributed by atoms with Gasteiger partial charge in [-0.05, 0) is 36.3 Å². The van der Waals surface area contributed by atoms with E-state index in [9.17, 15) is 13.2 Å². The van der Waals surface area contributed by atoms with Crippen LogP contribution in [0.15, 0.2) is 29.3 Å². The van der Waals surface area contributed by atoms with Gasteiger partial charge >= 0.3 is 6.18 Å². The molecule has 1 aliphatic rings. The summed E-state index contributed by atoms with van der Waals surface area (Å²) in [6.45, 7) is 0.145. The van der Waals surface area contributed by atoms with Crippen molar-refractivity contribution in [3.63, 3.8) is 0 Å². The minimum absolute atomic E-state index is 0. The fourth-order valence-corrected chi connectivity index (χ4v) is 3.49. The minimum atomic E-state index is -4.32. The van der Waals surface area contributed by atoms with E-state index in [1.54, 1.807) is 19.2 Å². The Morgan fingerprint density at radius 2 is 2.00 bits per heavy atom. The second-order valence-electron chi connectivity index (χ2n) is 5.49. The highest BCUT2D eigenvalue weighted by Crippen LogP contribution is 2.25. The van der Waals surface area contributed by atoms with Crippen LogP contribution in [0.25, 0.3) is 0 Å². The summed E-state index contributed by atoms with van der Waals surface area (Å²) in [4.78, 5) is 4.17. The molecule has 142 valence electrons. The molecule has 1 aromatic rings. The first-order valence-corrected chi connectivity index (χ1v) is 8.86. The molecule has 0 aromatic heterocycles. The first-order valence-electron chi connectivity index (χ1n) is 7.81. The van der Waals surface area contributed by atoms with Crippen LogP contribution in [0.3, 0.4) is 0 Å². The Morgan fingerprint density at radius 1 is 1.28 bits per heavy atom. The molecule has 1 heterocycles. The van der Waals surface area contributed by atoms with Gasteiger partial charge in [0.15, 0.2) is 12.6 Å². The highest BCUT2D eigenvalue weighted by Gasteiger charge is 2.28. The Morgan fingerprint density at radius 3 is 2.56 bits per heavy atom. The number of nitrogens with one attached hydrogen (secondary N) is 2. The van der Waals surface area contributed by atoms with Crippen molar-refractivity contribution in [2.24, 2.45) is 4.99 Å². The predicted molar refractivity (Wildman–Crippen MR) is 107 cm³/mol. The van der Waals surface area contributed by atoms with Crippen molar-refractivity contribution in [3.05, 3.63) is 29.8 Å². The van der Waals surface area contributed by atoms with E-state index in [0.29, 0.717) is 11.8 Å². The third-order valence-electron chi connectivity index (χ3n) is 3.53. The molecule has 1 aromatic carbocycles. The number of ether oxygens (including phenoxy) is 1. The summed E-state index contributed by atoms with van der Waals surface area (Å²) in [6, 6.07) is 6.54. The summed E-state index contributed by atoms with van der Waals surface area (Å²) in [5.74, 6) is 2.15. The van der Waals surface area contributed by atoms with E-state index in [4.69, 9.17) is 0 Å². The maximum absolute atomic E-state index is 12.1. The lowest BCUT2D eigenvalue weighted by molar-refractivity contribution is -0.153. The second kappa shape index (κ2) is 11.0. The zero-order chi connectivity index (χ0) is 17.4. The largest absolute Gasteiger partial charge is 0.484 e. The summed E-state index contributed by atoms with van der Waals surface area (Å²) < 4.78 is 41.0. The van der Waals surface area contributed by atoms with Gasteiger partial charge in [0.1, 0.15) is 5.75 Å². The molecule has 0 saturated carbocycles. The van der Waals surface area contributed by atoms with E-state index < -0.39 is 12.8 Å². The molecule has 1 fully saturated rings. The van der Waals surface area contributed by atoms with Gasteiger partial charge in [0.25, 0.3) is 0 Å². The summed E-state index contributed by atoms with van der Waals surface area (Å²) in [5.41, 5.74) is 0.938. The van der Waals surface area contributed by atoms with Crippen molar-refractivity contribution < 1.29 is 17.9 Å². The quantitative estimate of drug-likeness (QED) is 0.363. The molecule has 4 nitrogen and oxygen atoms in total. The smallest absolute Gasteiger partial charge is 0.422 e. The van der Waals surface area contributed by atoms with Crippen LogP contribution in [-0.4, -0.2) is 43.3 Å². The third kappa shape index (κ3) is 8.89. The zero-order valence-corrected chi connectivity index (χ0v) is 17.1. The molecule has 1 aliphatic heterocycles. The van der Waals surface area contributed by atoms with E-state index in [0.717, 1.165) is 18.1 Å². The average molecular weight is 489 g/mol. The highest BCUT2D eigenvalue weighted by atomic mass is 127. The van der Waals surface area contributed by atoms with Crippen molar-refractivity contribution in [1.82, 2.24) is 10.6 Å².